The molecule has 0 aliphatic carbocycles. The third kappa shape index (κ3) is 4.35. The Labute approximate surface area is 125 Å². The number of hydrogen-bond donors (Lipinski definition) is 0. The van der Waals surface area contributed by atoms with Gasteiger partial charge in [0.2, 0.25) is 0 Å². The maximum atomic E-state index is 6.03. The van der Waals surface area contributed by atoms with Crippen LogP contribution >= 0.6 is 23.2 Å². The van der Waals surface area contributed by atoms with Gasteiger partial charge in [0.15, 0.2) is 0 Å². The SMILES string of the molecule is CC(C)(C)N1CCO[C@H](Cc2cc(Cl)cc(Cl)c2)C1. The molecule has 0 amide bonds. The first-order valence-corrected chi connectivity index (χ1v) is 7.42. The van der Waals surface area contributed by atoms with Gasteiger partial charge >= 0.3 is 0 Å². The molecular formula is C15H21Cl2NO. The number of rotatable bonds is 2. The smallest absolute Gasteiger partial charge is 0.0743 e. The van der Waals surface area contributed by atoms with Crippen molar-refractivity contribution in [1.82, 2.24) is 4.90 Å². The van der Waals surface area contributed by atoms with Crippen LogP contribution in [0.15, 0.2) is 18.2 Å². The van der Waals surface area contributed by atoms with Crippen LogP contribution in [0.5, 0.6) is 0 Å². The molecule has 1 atom stereocenters. The summed E-state index contributed by atoms with van der Waals surface area (Å²) in [5.41, 5.74) is 1.33. The molecule has 0 aromatic heterocycles. The Morgan fingerprint density at radius 3 is 2.42 bits per heavy atom. The quantitative estimate of drug-likeness (QED) is 0.817. The van der Waals surface area contributed by atoms with Crippen molar-refractivity contribution in [3.05, 3.63) is 33.8 Å². The molecule has 2 rings (SSSR count). The summed E-state index contributed by atoms with van der Waals surface area (Å²) in [4.78, 5) is 2.47. The number of benzene rings is 1. The van der Waals surface area contributed by atoms with Crippen LogP contribution in [0.4, 0.5) is 0 Å². The molecule has 0 unspecified atom stereocenters. The zero-order valence-corrected chi connectivity index (χ0v) is 13.3. The van der Waals surface area contributed by atoms with Gasteiger partial charge in [-0.2, -0.15) is 0 Å². The van der Waals surface area contributed by atoms with Crippen LogP contribution in [0.25, 0.3) is 0 Å². The van der Waals surface area contributed by atoms with Crippen molar-refractivity contribution in [3.8, 4) is 0 Å². The normalized spacial score (nSPS) is 21.6. The highest BCUT2D eigenvalue weighted by Gasteiger charge is 2.28. The van der Waals surface area contributed by atoms with Crippen LogP contribution in [0, 0.1) is 0 Å². The molecule has 0 radical (unpaired) electrons. The molecular weight excluding hydrogens is 281 g/mol. The summed E-state index contributed by atoms with van der Waals surface area (Å²) in [7, 11) is 0. The minimum atomic E-state index is 0.188. The lowest BCUT2D eigenvalue weighted by Gasteiger charge is -2.41. The molecule has 1 heterocycles. The Hall–Kier alpha value is -0.280. The summed E-state index contributed by atoms with van der Waals surface area (Å²) in [5.74, 6) is 0. The van der Waals surface area contributed by atoms with Crippen molar-refractivity contribution in [1.29, 1.82) is 0 Å². The van der Waals surface area contributed by atoms with E-state index < -0.39 is 0 Å². The van der Waals surface area contributed by atoms with Gasteiger partial charge in [-0.1, -0.05) is 23.2 Å². The fourth-order valence-corrected chi connectivity index (χ4v) is 3.02. The number of halogens is 2. The number of morpholine rings is 1. The van der Waals surface area contributed by atoms with Gasteiger partial charge in [0.25, 0.3) is 0 Å². The van der Waals surface area contributed by atoms with Gasteiger partial charge in [0, 0.05) is 28.7 Å². The third-order valence-electron chi connectivity index (χ3n) is 3.47. The summed E-state index contributed by atoms with van der Waals surface area (Å²) in [5, 5.41) is 1.37. The van der Waals surface area contributed by atoms with Crippen LogP contribution < -0.4 is 0 Å². The molecule has 1 aromatic carbocycles. The Morgan fingerprint density at radius 1 is 1.21 bits per heavy atom. The largest absolute Gasteiger partial charge is 0.375 e. The number of hydrogen-bond acceptors (Lipinski definition) is 2. The lowest BCUT2D eigenvalue weighted by Crippen LogP contribution is -2.51. The monoisotopic (exact) mass is 301 g/mol. The van der Waals surface area contributed by atoms with Crippen molar-refractivity contribution >= 4 is 23.2 Å². The minimum Gasteiger partial charge on any atom is -0.375 e. The fraction of sp³-hybridized carbons (Fsp3) is 0.600. The lowest BCUT2D eigenvalue weighted by atomic mass is 10.0. The summed E-state index contributed by atoms with van der Waals surface area (Å²) in [6.07, 6.45) is 1.06. The van der Waals surface area contributed by atoms with E-state index in [0.717, 1.165) is 31.7 Å². The van der Waals surface area contributed by atoms with Crippen LogP contribution in [0.3, 0.4) is 0 Å². The zero-order valence-electron chi connectivity index (χ0n) is 11.7. The van der Waals surface area contributed by atoms with Crippen LogP contribution in [-0.4, -0.2) is 36.2 Å². The second-order valence-electron chi connectivity index (χ2n) is 6.09. The predicted octanol–water partition coefficient (Wildman–Crippen LogP) is 4.04. The first kappa shape index (κ1) is 15.1. The predicted molar refractivity (Wildman–Crippen MR) is 81.2 cm³/mol. The minimum absolute atomic E-state index is 0.188. The van der Waals surface area contributed by atoms with E-state index in [-0.39, 0.29) is 11.6 Å². The molecule has 4 heteroatoms. The molecule has 1 aliphatic heterocycles. The van der Waals surface area contributed by atoms with Gasteiger partial charge < -0.3 is 4.74 Å². The Morgan fingerprint density at radius 2 is 1.84 bits per heavy atom. The molecule has 0 spiro atoms. The van der Waals surface area contributed by atoms with Gasteiger partial charge in [-0.3, -0.25) is 4.90 Å². The summed E-state index contributed by atoms with van der Waals surface area (Å²) >= 11 is 12.1. The average molecular weight is 302 g/mol. The van der Waals surface area contributed by atoms with Crippen LogP contribution in [0.1, 0.15) is 26.3 Å². The second kappa shape index (κ2) is 6.01. The standard InChI is InChI=1S/C15H21Cl2NO/c1-15(2,3)18-4-5-19-14(10-18)8-11-6-12(16)9-13(17)7-11/h6-7,9,14H,4-5,8,10H2,1-3H3/t14-/m1/s1. The van der Waals surface area contributed by atoms with Crippen molar-refractivity contribution < 1.29 is 4.74 Å². The summed E-state index contributed by atoms with van der Waals surface area (Å²) in [6.45, 7) is 9.46. The topological polar surface area (TPSA) is 12.5 Å². The molecule has 0 bridgehead atoms. The lowest BCUT2D eigenvalue weighted by molar-refractivity contribution is -0.0571. The molecule has 1 saturated heterocycles. The highest BCUT2D eigenvalue weighted by atomic mass is 35.5. The maximum Gasteiger partial charge on any atom is 0.0743 e. The van der Waals surface area contributed by atoms with Crippen LogP contribution in [0.2, 0.25) is 10.0 Å². The van der Waals surface area contributed by atoms with E-state index in [0.29, 0.717) is 10.0 Å². The van der Waals surface area contributed by atoms with Crippen molar-refractivity contribution in [2.24, 2.45) is 0 Å². The van der Waals surface area contributed by atoms with E-state index in [1.165, 1.54) is 0 Å². The van der Waals surface area contributed by atoms with Crippen molar-refractivity contribution in [2.45, 2.75) is 38.8 Å². The van der Waals surface area contributed by atoms with E-state index in [9.17, 15) is 0 Å². The van der Waals surface area contributed by atoms with Gasteiger partial charge in [0.05, 0.1) is 12.7 Å². The molecule has 1 aromatic rings. The molecule has 2 nitrogen and oxygen atoms in total. The average Bonchev–Trinajstić information content (AvgIpc) is 2.26. The molecule has 0 N–H and O–H groups in total. The first-order valence-electron chi connectivity index (χ1n) is 6.66. The molecule has 1 fully saturated rings. The van der Waals surface area contributed by atoms with Crippen molar-refractivity contribution in [2.75, 3.05) is 19.7 Å². The number of ether oxygens (including phenoxy) is 1. The summed E-state index contributed by atoms with van der Waals surface area (Å²) < 4.78 is 5.86. The Bertz CT molecular complexity index is 422. The maximum absolute atomic E-state index is 6.03. The molecule has 106 valence electrons. The number of nitrogens with zero attached hydrogens (tertiary/aromatic N) is 1. The highest BCUT2D eigenvalue weighted by molar-refractivity contribution is 6.34. The van der Waals surface area contributed by atoms with Gasteiger partial charge in [-0.25, -0.2) is 0 Å². The van der Waals surface area contributed by atoms with Gasteiger partial charge in [-0.05, 0) is 51.0 Å². The van der Waals surface area contributed by atoms with Crippen LogP contribution in [-0.2, 0) is 11.2 Å². The Balaban J connectivity index is 2.02. The Kier molecular flexibility index (Phi) is 4.78. The van der Waals surface area contributed by atoms with Crippen molar-refractivity contribution in [3.63, 3.8) is 0 Å². The highest BCUT2D eigenvalue weighted by Crippen LogP contribution is 2.23. The fourth-order valence-electron chi connectivity index (χ4n) is 2.44. The van der Waals surface area contributed by atoms with E-state index in [1.54, 1.807) is 6.07 Å². The zero-order chi connectivity index (χ0) is 14.0. The van der Waals surface area contributed by atoms with E-state index in [2.05, 4.69) is 25.7 Å². The molecule has 0 saturated carbocycles. The third-order valence-corrected chi connectivity index (χ3v) is 3.91. The van der Waals surface area contributed by atoms with Gasteiger partial charge in [-0.15, -0.1) is 0 Å². The molecule has 1 aliphatic rings. The first-order chi connectivity index (χ1) is 8.84. The van der Waals surface area contributed by atoms with E-state index in [1.807, 2.05) is 12.1 Å². The van der Waals surface area contributed by atoms with Gasteiger partial charge in [0.1, 0.15) is 0 Å². The summed E-state index contributed by atoms with van der Waals surface area (Å²) in [6, 6.07) is 5.69. The molecule has 19 heavy (non-hydrogen) atoms. The van der Waals surface area contributed by atoms with E-state index >= 15 is 0 Å². The second-order valence-corrected chi connectivity index (χ2v) is 6.96. The van der Waals surface area contributed by atoms with E-state index in [4.69, 9.17) is 27.9 Å².